The first kappa shape index (κ1) is 20.8. The molecule has 0 saturated carbocycles. The summed E-state index contributed by atoms with van der Waals surface area (Å²) in [6.07, 6.45) is 1.70. The normalized spacial score (nSPS) is 12.8. The zero-order chi connectivity index (χ0) is 16.3. The molecule has 21 heavy (non-hydrogen) atoms. The van der Waals surface area contributed by atoms with Crippen molar-refractivity contribution in [3.05, 3.63) is 0 Å². The van der Waals surface area contributed by atoms with Gasteiger partial charge in [0.05, 0.1) is 0 Å². The van der Waals surface area contributed by atoms with E-state index in [0.717, 1.165) is 39.0 Å². The summed E-state index contributed by atoms with van der Waals surface area (Å²) in [6, 6.07) is 0. The van der Waals surface area contributed by atoms with Crippen LogP contribution >= 0.6 is 0 Å². The molecule has 0 radical (unpaired) electrons. The Hall–Kier alpha value is -0.210. The van der Waals surface area contributed by atoms with E-state index in [1.807, 2.05) is 14.0 Å². The first-order valence-corrected chi connectivity index (χ1v) is 9.41. The number of hydrogen-bond donors (Lipinski definition) is 1. The maximum atomic E-state index is 12.5. The highest BCUT2D eigenvalue weighted by Gasteiger charge is 2.24. The lowest BCUT2D eigenvalue weighted by atomic mass is 10.3. The van der Waals surface area contributed by atoms with Gasteiger partial charge in [-0.1, -0.05) is 20.8 Å². The summed E-state index contributed by atoms with van der Waals surface area (Å²) in [6.45, 7) is 11.6. The van der Waals surface area contributed by atoms with Crippen LogP contribution in [-0.2, 0) is 10.2 Å². The Morgan fingerprint density at radius 2 is 1.52 bits per heavy atom. The first-order valence-electron chi connectivity index (χ1n) is 8.02. The zero-order valence-corrected chi connectivity index (χ0v) is 15.2. The Bertz CT molecular complexity index is 345. The van der Waals surface area contributed by atoms with Gasteiger partial charge in [0.25, 0.3) is 10.2 Å². The summed E-state index contributed by atoms with van der Waals surface area (Å²) in [5.41, 5.74) is 0. The van der Waals surface area contributed by atoms with Crippen molar-refractivity contribution >= 4 is 10.2 Å². The molecule has 0 heterocycles. The molecule has 0 aromatic carbocycles. The summed E-state index contributed by atoms with van der Waals surface area (Å²) >= 11 is 0. The monoisotopic (exact) mass is 322 g/mol. The van der Waals surface area contributed by atoms with Crippen LogP contribution in [-0.4, -0.2) is 81.8 Å². The summed E-state index contributed by atoms with van der Waals surface area (Å²) in [5, 5.41) is 3.04. The fraction of sp³-hybridized carbons (Fsp3) is 1.00. The average Bonchev–Trinajstić information content (AvgIpc) is 2.47. The highest BCUT2D eigenvalue weighted by Crippen LogP contribution is 2.08. The van der Waals surface area contributed by atoms with Gasteiger partial charge in [0.15, 0.2) is 0 Å². The highest BCUT2D eigenvalue weighted by molar-refractivity contribution is 7.86. The molecular formula is C14H34N4O2S. The molecule has 0 aromatic rings. The maximum absolute atomic E-state index is 12.5. The predicted octanol–water partition coefficient (Wildman–Crippen LogP) is 0.826. The fourth-order valence-electron chi connectivity index (χ4n) is 2.24. The highest BCUT2D eigenvalue weighted by atomic mass is 32.2. The van der Waals surface area contributed by atoms with Gasteiger partial charge in [-0.15, -0.1) is 0 Å². The molecule has 1 N–H and O–H groups in total. The van der Waals surface area contributed by atoms with Crippen LogP contribution in [0, 0.1) is 0 Å². The van der Waals surface area contributed by atoms with Crippen molar-refractivity contribution in [3.8, 4) is 0 Å². The second kappa shape index (κ2) is 11.4. The van der Waals surface area contributed by atoms with Gasteiger partial charge in [-0.2, -0.15) is 17.0 Å². The lowest BCUT2D eigenvalue weighted by Gasteiger charge is -2.27. The van der Waals surface area contributed by atoms with E-state index in [0.29, 0.717) is 19.6 Å². The van der Waals surface area contributed by atoms with E-state index in [1.165, 1.54) is 4.31 Å². The van der Waals surface area contributed by atoms with Crippen molar-refractivity contribution in [2.45, 2.75) is 33.6 Å². The van der Waals surface area contributed by atoms with E-state index in [-0.39, 0.29) is 0 Å². The maximum Gasteiger partial charge on any atom is 0.281 e. The van der Waals surface area contributed by atoms with Crippen LogP contribution in [0.15, 0.2) is 0 Å². The number of nitrogens with one attached hydrogen (secondary N) is 1. The molecule has 0 fully saturated rings. The van der Waals surface area contributed by atoms with Gasteiger partial charge in [0, 0.05) is 26.7 Å². The third kappa shape index (κ3) is 7.56. The molecule has 0 unspecified atom stereocenters. The van der Waals surface area contributed by atoms with Crippen LogP contribution in [0.3, 0.4) is 0 Å². The van der Waals surface area contributed by atoms with Crippen LogP contribution in [0.25, 0.3) is 0 Å². The van der Waals surface area contributed by atoms with E-state index in [1.54, 1.807) is 11.4 Å². The van der Waals surface area contributed by atoms with E-state index in [9.17, 15) is 8.42 Å². The van der Waals surface area contributed by atoms with Crippen molar-refractivity contribution < 1.29 is 8.42 Å². The molecule has 6 nitrogen and oxygen atoms in total. The zero-order valence-electron chi connectivity index (χ0n) is 14.4. The summed E-state index contributed by atoms with van der Waals surface area (Å²) < 4.78 is 28.0. The first-order chi connectivity index (χ1) is 9.93. The molecule has 0 atom stereocenters. The Kier molecular flexibility index (Phi) is 11.3. The van der Waals surface area contributed by atoms with Gasteiger partial charge in [-0.25, -0.2) is 0 Å². The molecule has 0 aliphatic rings. The third-order valence-corrected chi connectivity index (χ3v) is 5.81. The molecule has 0 aromatic heterocycles. The number of hydrogen-bond acceptors (Lipinski definition) is 4. The molecule has 0 amide bonds. The van der Waals surface area contributed by atoms with E-state index in [2.05, 4.69) is 24.1 Å². The number of nitrogens with zero attached hydrogens (tertiary/aromatic N) is 3. The van der Waals surface area contributed by atoms with Gasteiger partial charge >= 0.3 is 0 Å². The quantitative estimate of drug-likeness (QED) is 0.510. The Morgan fingerprint density at radius 3 is 2.00 bits per heavy atom. The molecular weight excluding hydrogens is 288 g/mol. The minimum absolute atomic E-state index is 0.525. The second-order valence-electron chi connectivity index (χ2n) is 5.16. The molecule has 0 rings (SSSR count). The van der Waals surface area contributed by atoms with Gasteiger partial charge in [0.1, 0.15) is 0 Å². The second-order valence-corrected chi connectivity index (χ2v) is 7.19. The van der Waals surface area contributed by atoms with Gasteiger partial charge in [-0.05, 0) is 46.1 Å². The summed E-state index contributed by atoms with van der Waals surface area (Å²) in [4.78, 5) is 2.32. The van der Waals surface area contributed by atoms with E-state index >= 15 is 0 Å². The van der Waals surface area contributed by atoms with Crippen molar-refractivity contribution in [3.63, 3.8) is 0 Å². The molecule has 128 valence electrons. The fourth-order valence-corrected chi connectivity index (χ4v) is 3.68. The minimum Gasteiger partial charge on any atom is -0.320 e. The van der Waals surface area contributed by atoms with Crippen LogP contribution < -0.4 is 5.32 Å². The van der Waals surface area contributed by atoms with Crippen LogP contribution in [0.2, 0.25) is 0 Å². The largest absolute Gasteiger partial charge is 0.320 e. The van der Waals surface area contributed by atoms with Crippen LogP contribution in [0.4, 0.5) is 0 Å². The van der Waals surface area contributed by atoms with Crippen molar-refractivity contribution in [2.75, 3.05) is 59.9 Å². The standard InChI is InChI=1S/C14H34N4O2S/c1-6-17(7-2)13-10-14-18(8-3)21(19,20)16(5)12-9-11-15-4/h15H,6-14H2,1-5H3. The minimum atomic E-state index is -3.32. The SMILES string of the molecule is CCN(CC)CCCN(CC)S(=O)(=O)N(C)CCCNC. The predicted molar refractivity (Wildman–Crippen MR) is 89.7 cm³/mol. The summed E-state index contributed by atoms with van der Waals surface area (Å²) in [5.74, 6) is 0. The Labute approximate surface area is 131 Å². The smallest absolute Gasteiger partial charge is 0.281 e. The van der Waals surface area contributed by atoms with Gasteiger partial charge in [0.2, 0.25) is 0 Å². The van der Waals surface area contributed by atoms with Gasteiger partial charge < -0.3 is 10.2 Å². The summed E-state index contributed by atoms with van der Waals surface area (Å²) in [7, 11) is 0.217. The van der Waals surface area contributed by atoms with E-state index < -0.39 is 10.2 Å². The van der Waals surface area contributed by atoms with Crippen molar-refractivity contribution in [1.29, 1.82) is 0 Å². The van der Waals surface area contributed by atoms with Crippen LogP contribution in [0.1, 0.15) is 33.6 Å². The topological polar surface area (TPSA) is 55.9 Å². The van der Waals surface area contributed by atoms with Crippen LogP contribution in [0.5, 0.6) is 0 Å². The lowest BCUT2D eigenvalue weighted by Crippen LogP contribution is -2.43. The molecule has 7 heteroatoms. The molecule has 0 aliphatic heterocycles. The molecule has 0 saturated heterocycles. The molecule has 0 spiro atoms. The average molecular weight is 323 g/mol. The van der Waals surface area contributed by atoms with Crippen molar-refractivity contribution in [1.82, 2.24) is 18.8 Å². The molecule has 0 bridgehead atoms. The third-order valence-electron chi connectivity index (χ3n) is 3.75. The number of rotatable bonds is 13. The molecule has 0 aliphatic carbocycles. The van der Waals surface area contributed by atoms with E-state index in [4.69, 9.17) is 0 Å². The lowest BCUT2D eigenvalue weighted by molar-refractivity contribution is 0.280. The van der Waals surface area contributed by atoms with Gasteiger partial charge in [-0.3, -0.25) is 0 Å². The Morgan fingerprint density at radius 1 is 0.905 bits per heavy atom. The Balaban J connectivity index is 4.40. The van der Waals surface area contributed by atoms with Crippen molar-refractivity contribution in [2.24, 2.45) is 0 Å².